The number of benzene rings is 2. The third-order valence-corrected chi connectivity index (χ3v) is 6.25. The van der Waals surface area contributed by atoms with Gasteiger partial charge in [-0.15, -0.1) is 0 Å². The molecule has 4 atom stereocenters. The van der Waals surface area contributed by atoms with Gasteiger partial charge in [-0.05, 0) is 36.4 Å². The molecule has 4 saturated heterocycles. The molecule has 2 aromatic carbocycles. The van der Waals surface area contributed by atoms with Crippen LogP contribution in [0, 0.1) is 0 Å². The Hall–Kier alpha value is -2.65. The minimum Gasteiger partial charge on any atom is -0.371 e. The average molecular weight is 452 g/mol. The molecule has 0 aliphatic carbocycles. The first-order chi connectivity index (χ1) is 16.2. The molecule has 4 fully saturated rings. The van der Waals surface area contributed by atoms with Gasteiger partial charge in [-0.3, -0.25) is 4.79 Å². The van der Waals surface area contributed by atoms with Gasteiger partial charge in [-0.2, -0.15) is 0 Å². The Balaban J connectivity index is 1.15. The zero-order valence-corrected chi connectivity index (χ0v) is 18.5. The van der Waals surface area contributed by atoms with Crippen LogP contribution in [-0.2, 0) is 18.9 Å². The summed E-state index contributed by atoms with van der Waals surface area (Å²) in [5.41, 5.74) is 3.48. The van der Waals surface area contributed by atoms with Crippen molar-refractivity contribution in [1.29, 1.82) is 0 Å². The van der Waals surface area contributed by atoms with E-state index in [1.165, 1.54) is 0 Å². The number of rotatable bonds is 12. The van der Waals surface area contributed by atoms with Crippen molar-refractivity contribution in [1.82, 2.24) is 0 Å². The van der Waals surface area contributed by atoms with E-state index in [9.17, 15) is 4.79 Å². The van der Waals surface area contributed by atoms with Crippen molar-refractivity contribution in [2.45, 2.75) is 24.4 Å². The molecule has 6 rings (SSSR count). The molecule has 8 heteroatoms. The Morgan fingerprint density at radius 2 is 1.18 bits per heavy atom. The number of nitrogens with zero attached hydrogens (tertiary/aromatic N) is 2. The van der Waals surface area contributed by atoms with E-state index in [4.69, 9.17) is 18.9 Å². The largest absolute Gasteiger partial charge is 0.371 e. The fraction of sp³-hybridized carbons (Fsp3) is 0.480. The number of carbonyl (C=O) groups is 1. The minimum absolute atomic E-state index is 0.123. The van der Waals surface area contributed by atoms with E-state index in [0.29, 0.717) is 5.56 Å². The predicted molar refractivity (Wildman–Crippen MR) is 124 cm³/mol. The molecule has 33 heavy (non-hydrogen) atoms. The number of nitrogens with one attached hydrogen (secondary N) is 1. The summed E-state index contributed by atoms with van der Waals surface area (Å²) in [5, 5.41) is 3.07. The Kier molecular flexibility index (Phi) is 5.67. The van der Waals surface area contributed by atoms with Gasteiger partial charge in [0.25, 0.3) is 5.91 Å². The van der Waals surface area contributed by atoms with Crippen LogP contribution in [0.15, 0.2) is 48.5 Å². The number of hydrogen-bond acceptors (Lipinski definition) is 7. The van der Waals surface area contributed by atoms with E-state index in [-0.39, 0.29) is 30.3 Å². The van der Waals surface area contributed by atoms with Crippen molar-refractivity contribution >= 4 is 23.0 Å². The number of carbonyl (C=O) groups excluding carboxylic acids is 1. The standard InChI is InChI=1S/C25H29N3O5/c29-25(17-3-1-5-19(7-17)27(9-21-13-30-21)10-22-14-31-22)26-18-4-2-6-20(8-18)28(11-23-15-32-23)12-24-16-33-24/h1-8,21-24H,9-16H2,(H,26,29). The number of hydrogen-bond donors (Lipinski definition) is 1. The number of amides is 1. The third kappa shape index (κ3) is 5.83. The maximum atomic E-state index is 13.1. The normalized spacial score (nSPS) is 26.4. The maximum absolute atomic E-state index is 13.1. The Labute approximate surface area is 193 Å². The summed E-state index contributed by atoms with van der Waals surface area (Å²) in [4.78, 5) is 17.6. The first-order valence-corrected chi connectivity index (χ1v) is 11.7. The minimum atomic E-state index is -0.123. The third-order valence-electron chi connectivity index (χ3n) is 6.25. The molecule has 0 spiro atoms. The molecule has 0 radical (unpaired) electrons. The second-order valence-electron chi connectivity index (χ2n) is 9.19. The lowest BCUT2D eigenvalue weighted by atomic mass is 10.1. The predicted octanol–water partition coefficient (Wildman–Crippen LogP) is 2.15. The van der Waals surface area contributed by atoms with E-state index >= 15 is 0 Å². The van der Waals surface area contributed by atoms with Crippen LogP contribution in [0.4, 0.5) is 17.1 Å². The molecule has 2 aromatic rings. The molecule has 4 heterocycles. The summed E-state index contributed by atoms with van der Waals surface area (Å²) in [7, 11) is 0. The number of ether oxygens (including phenoxy) is 4. The van der Waals surface area contributed by atoms with Crippen molar-refractivity contribution in [2.75, 3.05) is 67.7 Å². The van der Waals surface area contributed by atoms with Crippen LogP contribution < -0.4 is 15.1 Å². The molecule has 0 saturated carbocycles. The van der Waals surface area contributed by atoms with Crippen molar-refractivity contribution in [3.8, 4) is 0 Å². The summed E-state index contributed by atoms with van der Waals surface area (Å²) in [6.07, 6.45) is 1.12. The molecule has 1 N–H and O–H groups in total. The van der Waals surface area contributed by atoms with Crippen LogP contribution in [0.2, 0.25) is 0 Å². The molecule has 0 aromatic heterocycles. The molecule has 174 valence electrons. The second kappa shape index (κ2) is 8.95. The van der Waals surface area contributed by atoms with E-state index < -0.39 is 0 Å². The monoisotopic (exact) mass is 451 g/mol. The van der Waals surface area contributed by atoms with Crippen LogP contribution in [0.5, 0.6) is 0 Å². The van der Waals surface area contributed by atoms with Crippen LogP contribution in [0.25, 0.3) is 0 Å². The van der Waals surface area contributed by atoms with Gasteiger partial charge in [0.2, 0.25) is 0 Å². The maximum Gasteiger partial charge on any atom is 0.255 e. The van der Waals surface area contributed by atoms with Gasteiger partial charge < -0.3 is 34.1 Å². The smallest absolute Gasteiger partial charge is 0.255 e. The highest BCUT2D eigenvalue weighted by Crippen LogP contribution is 2.26. The van der Waals surface area contributed by atoms with E-state index in [2.05, 4.69) is 21.2 Å². The van der Waals surface area contributed by atoms with Crippen LogP contribution in [-0.4, -0.2) is 82.9 Å². The lowest BCUT2D eigenvalue weighted by Gasteiger charge is -2.24. The molecular formula is C25H29N3O5. The Morgan fingerprint density at radius 3 is 1.67 bits per heavy atom. The average Bonchev–Trinajstić information content (AvgIpc) is 3.64. The molecular weight excluding hydrogens is 422 g/mol. The van der Waals surface area contributed by atoms with Crippen molar-refractivity contribution in [2.24, 2.45) is 0 Å². The molecule has 4 aliphatic rings. The van der Waals surface area contributed by atoms with Crippen LogP contribution in [0.1, 0.15) is 10.4 Å². The van der Waals surface area contributed by atoms with Gasteiger partial charge in [0.15, 0.2) is 0 Å². The summed E-state index contributed by atoms with van der Waals surface area (Å²) in [6.45, 7) is 6.53. The highest BCUT2D eigenvalue weighted by Gasteiger charge is 2.32. The van der Waals surface area contributed by atoms with Crippen molar-refractivity contribution in [3.05, 3.63) is 54.1 Å². The zero-order chi connectivity index (χ0) is 22.2. The summed E-state index contributed by atoms with van der Waals surface area (Å²) in [5.74, 6) is -0.123. The van der Waals surface area contributed by atoms with Gasteiger partial charge in [0.1, 0.15) is 0 Å². The molecule has 8 nitrogen and oxygen atoms in total. The SMILES string of the molecule is O=C(Nc1cccc(N(CC2CO2)CC2CO2)c1)c1cccc(N(CC2CO2)CC2CO2)c1. The quantitative estimate of drug-likeness (QED) is 0.495. The van der Waals surface area contributed by atoms with E-state index in [0.717, 1.165) is 69.7 Å². The van der Waals surface area contributed by atoms with Crippen LogP contribution >= 0.6 is 0 Å². The van der Waals surface area contributed by atoms with Crippen LogP contribution in [0.3, 0.4) is 0 Å². The van der Waals surface area contributed by atoms with Gasteiger partial charge in [-0.1, -0.05) is 12.1 Å². The van der Waals surface area contributed by atoms with Gasteiger partial charge >= 0.3 is 0 Å². The molecule has 4 aliphatic heterocycles. The first-order valence-electron chi connectivity index (χ1n) is 11.7. The summed E-state index contributed by atoms with van der Waals surface area (Å²) in [6, 6.07) is 15.8. The Morgan fingerprint density at radius 1 is 0.727 bits per heavy atom. The van der Waals surface area contributed by atoms with E-state index in [1.807, 2.05) is 42.5 Å². The van der Waals surface area contributed by atoms with Gasteiger partial charge in [0, 0.05) is 48.8 Å². The highest BCUT2D eigenvalue weighted by atomic mass is 16.6. The number of anilines is 3. The zero-order valence-electron chi connectivity index (χ0n) is 18.5. The fourth-order valence-corrected chi connectivity index (χ4v) is 4.08. The second-order valence-corrected chi connectivity index (χ2v) is 9.19. The lowest BCUT2D eigenvalue weighted by Crippen LogP contribution is -2.32. The molecule has 4 unspecified atom stereocenters. The van der Waals surface area contributed by atoms with E-state index in [1.54, 1.807) is 0 Å². The number of epoxide rings is 4. The van der Waals surface area contributed by atoms with Gasteiger partial charge in [0.05, 0.1) is 50.8 Å². The highest BCUT2D eigenvalue weighted by molar-refractivity contribution is 6.05. The molecule has 1 amide bonds. The summed E-state index contributed by atoms with van der Waals surface area (Å²) >= 11 is 0. The topological polar surface area (TPSA) is 85.7 Å². The summed E-state index contributed by atoms with van der Waals surface area (Å²) < 4.78 is 21.7. The van der Waals surface area contributed by atoms with Crippen molar-refractivity contribution in [3.63, 3.8) is 0 Å². The fourth-order valence-electron chi connectivity index (χ4n) is 4.08. The first kappa shape index (κ1) is 20.9. The Bertz CT molecular complexity index is 973. The van der Waals surface area contributed by atoms with Crippen molar-refractivity contribution < 1.29 is 23.7 Å². The lowest BCUT2D eigenvalue weighted by molar-refractivity contribution is 0.102. The van der Waals surface area contributed by atoms with Gasteiger partial charge in [-0.25, -0.2) is 0 Å². The molecule has 0 bridgehead atoms.